The first-order valence-electron chi connectivity index (χ1n) is 10.8. The molecule has 1 aliphatic heterocycles. The monoisotopic (exact) mass is 453 g/mol. The molecule has 1 fully saturated rings. The maximum atomic E-state index is 13.4. The molecule has 168 valence electrons. The van der Waals surface area contributed by atoms with E-state index in [-0.39, 0.29) is 16.8 Å². The zero-order valence-corrected chi connectivity index (χ0v) is 18.9. The molecule has 0 unspecified atom stereocenters. The molecule has 1 aliphatic rings. The number of hydrogen-bond acceptors (Lipinski definition) is 5. The lowest BCUT2D eigenvalue weighted by Gasteiger charge is -2.24. The quantitative estimate of drug-likeness (QED) is 0.540. The third-order valence-corrected chi connectivity index (χ3v) is 7.48. The Labute approximate surface area is 188 Å². The minimum absolute atomic E-state index is 0.0121. The summed E-state index contributed by atoms with van der Waals surface area (Å²) in [6, 6.07) is 14.4. The molecule has 4 rings (SSSR count). The summed E-state index contributed by atoms with van der Waals surface area (Å²) in [6.07, 6.45) is 6.09. The Morgan fingerprint density at radius 2 is 1.81 bits per heavy atom. The summed E-state index contributed by atoms with van der Waals surface area (Å²) in [7, 11) is -3.74. The van der Waals surface area contributed by atoms with Crippen molar-refractivity contribution in [3.8, 4) is 0 Å². The van der Waals surface area contributed by atoms with Crippen molar-refractivity contribution in [2.75, 3.05) is 13.1 Å². The number of rotatable bonds is 7. The van der Waals surface area contributed by atoms with Gasteiger partial charge >= 0.3 is 0 Å². The van der Waals surface area contributed by atoms with Crippen LogP contribution in [-0.2, 0) is 23.1 Å². The van der Waals surface area contributed by atoms with E-state index in [1.807, 2.05) is 43.3 Å². The molecule has 0 saturated carbocycles. The van der Waals surface area contributed by atoms with E-state index in [2.05, 4.69) is 4.98 Å². The topological polar surface area (TPSA) is 83.7 Å². The van der Waals surface area contributed by atoms with Gasteiger partial charge in [0.2, 0.25) is 5.09 Å². The summed E-state index contributed by atoms with van der Waals surface area (Å²) in [5, 5.41) is -0.181. The number of hydrogen-bond donors (Lipinski definition) is 0. The maximum absolute atomic E-state index is 13.4. The first-order valence-corrected chi connectivity index (χ1v) is 12.2. The van der Waals surface area contributed by atoms with Crippen LogP contribution >= 0.6 is 0 Å². The van der Waals surface area contributed by atoms with Crippen molar-refractivity contribution < 1.29 is 17.6 Å². The molecule has 1 amide bonds. The molecule has 2 aromatic heterocycles. The number of amides is 1. The molecule has 3 aromatic rings. The predicted molar refractivity (Wildman–Crippen MR) is 120 cm³/mol. The highest BCUT2D eigenvalue weighted by molar-refractivity contribution is 7.89. The number of sulfonamides is 1. The molecule has 0 N–H and O–H groups in total. The van der Waals surface area contributed by atoms with Crippen LogP contribution in [0.2, 0.25) is 0 Å². The van der Waals surface area contributed by atoms with Crippen LogP contribution < -0.4 is 0 Å². The Hall–Kier alpha value is -2.97. The zero-order valence-electron chi connectivity index (χ0n) is 18.1. The number of aromatic nitrogens is 1. The van der Waals surface area contributed by atoms with Crippen molar-refractivity contribution >= 4 is 15.9 Å². The second-order valence-corrected chi connectivity index (χ2v) is 9.90. The molecule has 8 heteroatoms. The third kappa shape index (κ3) is 4.92. The van der Waals surface area contributed by atoms with Gasteiger partial charge in [0, 0.05) is 38.6 Å². The number of furan rings is 1. The van der Waals surface area contributed by atoms with Crippen molar-refractivity contribution in [2.24, 2.45) is 0 Å². The minimum Gasteiger partial charge on any atom is -0.438 e. The SMILES string of the molecule is Cc1ccccc1CN(Cc1cccnc1)C(=O)c1ccc(S(=O)(=O)N2CCCCC2)o1. The Kier molecular flexibility index (Phi) is 6.72. The number of carbonyl (C=O) groups excluding carboxylic acids is 1. The van der Waals surface area contributed by atoms with Gasteiger partial charge in [0.15, 0.2) is 5.76 Å². The van der Waals surface area contributed by atoms with Crippen LogP contribution in [0.1, 0.15) is 46.5 Å². The van der Waals surface area contributed by atoms with Gasteiger partial charge in [0.1, 0.15) is 0 Å². The first-order chi connectivity index (χ1) is 15.4. The van der Waals surface area contributed by atoms with E-state index in [4.69, 9.17) is 4.42 Å². The molecule has 3 heterocycles. The molecule has 1 aromatic carbocycles. The lowest BCUT2D eigenvalue weighted by atomic mass is 10.1. The standard InChI is InChI=1S/C24H27N3O4S/c1-19-8-3-4-10-21(19)18-26(17-20-9-7-13-25-16-20)24(28)22-11-12-23(31-22)32(29,30)27-14-5-2-6-15-27/h3-4,7-13,16H,2,5-6,14-15,17-18H2,1H3. The largest absolute Gasteiger partial charge is 0.438 e. The molecule has 0 bridgehead atoms. The minimum atomic E-state index is -3.74. The first kappa shape index (κ1) is 22.2. The molecular formula is C24H27N3O4S. The highest BCUT2D eigenvalue weighted by Crippen LogP contribution is 2.24. The summed E-state index contributed by atoms with van der Waals surface area (Å²) in [5.74, 6) is -0.352. The normalized spacial score (nSPS) is 14.9. The van der Waals surface area contributed by atoms with Gasteiger partial charge in [0.05, 0.1) is 0 Å². The van der Waals surface area contributed by atoms with Gasteiger partial charge in [-0.15, -0.1) is 0 Å². The van der Waals surface area contributed by atoms with Crippen LogP contribution in [-0.4, -0.2) is 41.6 Å². The average molecular weight is 454 g/mol. The second-order valence-electron chi connectivity index (χ2n) is 8.03. The molecule has 1 saturated heterocycles. The van der Waals surface area contributed by atoms with E-state index in [0.717, 1.165) is 36.0 Å². The van der Waals surface area contributed by atoms with Crippen molar-refractivity contribution in [2.45, 2.75) is 44.4 Å². The van der Waals surface area contributed by atoms with Crippen molar-refractivity contribution in [1.29, 1.82) is 0 Å². The van der Waals surface area contributed by atoms with Crippen LogP contribution in [0.5, 0.6) is 0 Å². The number of nitrogens with zero attached hydrogens (tertiary/aromatic N) is 3. The smallest absolute Gasteiger partial charge is 0.290 e. The summed E-state index contributed by atoms with van der Waals surface area (Å²) in [4.78, 5) is 19.2. The average Bonchev–Trinajstić information content (AvgIpc) is 3.32. The van der Waals surface area contributed by atoms with E-state index in [9.17, 15) is 13.2 Å². The zero-order chi connectivity index (χ0) is 22.6. The highest BCUT2D eigenvalue weighted by atomic mass is 32.2. The fraction of sp³-hybridized carbons (Fsp3) is 0.333. The van der Waals surface area contributed by atoms with E-state index >= 15 is 0 Å². The van der Waals surface area contributed by atoms with Crippen LogP contribution in [0, 0.1) is 6.92 Å². The molecule has 0 atom stereocenters. The van der Waals surface area contributed by atoms with E-state index in [0.29, 0.717) is 26.2 Å². The van der Waals surface area contributed by atoms with Crippen LogP contribution in [0.3, 0.4) is 0 Å². The Morgan fingerprint density at radius 1 is 1.03 bits per heavy atom. The Morgan fingerprint density at radius 3 is 2.53 bits per heavy atom. The Bertz CT molecular complexity index is 1170. The number of piperidine rings is 1. The lowest BCUT2D eigenvalue weighted by molar-refractivity contribution is 0.0691. The summed E-state index contributed by atoms with van der Waals surface area (Å²) in [5.41, 5.74) is 2.96. The number of carbonyl (C=O) groups is 1. The van der Waals surface area contributed by atoms with Gasteiger partial charge in [-0.2, -0.15) is 4.31 Å². The van der Waals surface area contributed by atoms with E-state index < -0.39 is 10.0 Å². The Balaban J connectivity index is 1.60. The van der Waals surface area contributed by atoms with Crippen LogP contribution in [0.25, 0.3) is 0 Å². The molecule has 0 aliphatic carbocycles. The molecule has 0 radical (unpaired) electrons. The molecule has 32 heavy (non-hydrogen) atoms. The van der Waals surface area contributed by atoms with Gasteiger partial charge < -0.3 is 9.32 Å². The van der Waals surface area contributed by atoms with Crippen LogP contribution in [0.15, 0.2) is 70.4 Å². The fourth-order valence-electron chi connectivity index (χ4n) is 3.87. The van der Waals surface area contributed by atoms with Gasteiger partial charge in [0.25, 0.3) is 15.9 Å². The molecular weight excluding hydrogens is 426 g/mol. The molecule has 7 nitrogen and oxygen atoms in total. The van der Waals surface area contributed by atoms with Gasteiger partial charge in [-0.3, -0.25) is 9.78 Å². The lowest BCUT2D eigenvalue weighted by Crippen LogP contribution is -2.35. The maximum Gasteiger partial charge on any atom is 0.290 e. The van der Waals surface area contributed by atoms with Crippen molar-refractivity contribution in [1.82, 2.24) is 14.2 Å². The number of aryl methyl sites for hydroxylation is 1. The van der Waals surface area contributed by atoms with Crippen molar-refractivity contribution in [3.05, 3.63) is 83.4 Å². The second kappa shape index (κ2) is 9.67. The summed E-state index contributed by atoms with van der Waals surface area (Å²) >= 11 is 0. The van der Waals surface area contributed by atoms with Crippen LogP contribution in [0.4, 0.5) is 0 Å². The number of benzene rings is 1. The predicted octanol–water partition coefficient (Wildman–Crippen LogP) is 4.00. The summed E-state index contributed by atoms with van der Waals surface area (Å²) in [6.45, 7) is 3.66. The van der Waals surface area contributed by atoms with E-state index in [1.165, 1.54) is 16.4 Å². The van der Waals surface area contributed by atoms with Gasteiger partial charge in [-0.1, -0.05) is 36.8 Å². The highest BCUT2D eigenvalue weighted by Gasteiger charge is 2.30. The van der Waals surface area contributed by atoms with Crippen molar-refractivity contribution in [3.63, 3.8) is 0 Å². The van der Waals surface area contributed by atoms with Gasteiger partial charge in [-0.05, 0) is 54.7 Å². The number of pyridine rings is 1. The van der Waals surface area contributed by atoms with E-state index in [1.54, 1.807) is 17.3 Å². The summed E-state index contributed by atoms with van der Waals surface area (Å²) < 4.78 is 32.9. The van der Waals surface area contributed by atoms with Gasteiger partial charge in [-0.25, -0.2) is 8.42 Å². The fourth-order valence-corrected chi connectivity index (χ4v) is 5.30. The molecule has 0 spiro atoms. The third-order valence-electron chi connectivity index (χ3n) is 5.71.